The summed E-state index contributed by atoms with van der Waals surface area (Å²) in [4.78, 5) is 10.1. The maximum Gasteiger partial charge on any atom is 1.00 e. The summed E-state index contributed by atoms with van der Waals surface area (Å²) in [5.41, 5.74) is 0. The molecule has 6 nitrogen and oxygen atoms in total. The predicted octanol–water partition coefficient (Wildman–Crippen LogP) is -5.01. The molecule has 66 valence electrons. The Balaban J connectivity index is 0. The Labute approximate surface area is 92.3 Å². The molecule has 0 radical (unpaired) electrons. The fraction of sp³-hybridized carbons (Fsp3) is 0.750. The molecule has 0 amide bonds. The Morgan fingerprint density at radius 3 is 2.08 bits per heavy atom. The van der Waals surface area contributed by atoms with Gasteiger partial charge in [-0.05, 0) is 0 Å². The van der Waals surface area contributed by atoms with Gasteiger partial charge in [-0.2, -0.15) is 4.72 Å². The van der Waals surface area contributed by atoms with Gasteiger partial charge in [-0.1, -0.05) is 0 Å². The number of carbonyl (C=O) groups is 1. The van der Waals surface area contributed by atoms with Gasteiger partial charge in [-0.15, -0.1) is 0 Å². The van der Waals surface area contributed by atoms with Gasteiger partial charge in [-0.3, -0.25) is 4.79 Å². The van der Waals surface area contributed by atoms with Crippen LogP contribution < -0.4 is 34.3 Å². The predicted molar refractivity (Wildman–Crippen MR) is 36.5 cm³/mol. The van der Waals surface area contributed by atoms with Crippen LogP contribution in [0.2, 0.25) is 0 Å². The van der Waals surface area contributed by atoms with Crippen molar-refractivity contribution in [3.05, 3.63) is 0 Å². The Bertz CT molecular complexity index is 238. The second-order valence-corrected chi connectivity index (χ2v) is 3.74. The number of aliphatic carboxylic acids is 1. The fourth-order valence-electron chi connectivity index (χ4n) is 0.424. The summed E-state index contributed by atoms with van der Waals surface area (Å²) in [5, 5.41) is 16.6. The maximum absolute atomic E-state index is 10.4. The summed E-state index contributed by atoms with van der Waals surface area (Å²) in [6.07, 6.45) is 0.818. The third kappa shape index (κ3) is 7.01. The molecule has 0 aromatic heterocycles. The molecule has 1 atom stereocenters. The van der Waals surface area contributed by atoms with Crippen LogP contribution in [-0.4, -0.2) is 43.5 Å². The second kappa shape index (κ2) is 5.90. The Hall–Kier alpha value is 0.340. The van der Waals surface area contributed by atoms with E-state index in [-0.39, 0.29) is 29.6 Å². The van der Waals surface area contributed by atoms with Crippen molar-refractivity contribution < 1.29 is 53.0 Å². The summed E-state index contributed by atoms with van der Waals surface area (Å²) in [6.45, 7) is -0.762. The van der Waals surface area contributed by atoms with Crippen molar-refractivity contribution in [1.82, 2.24) is 4.72 Å². The molecule has 0 saturated heterocycles. The van der Waals surface area contributed by atoms with E-state index in [4.69, 9.17) is 10.2 Å². The van der Waals surface area contributed by atoms with E-state index >= 15 is 0 Å². The first-order valence-electron chi connectivity index (χ1n) is 2.68. The third-order valence-corrected chi connectivity index (χ3v) is 1.55. The Morgan fingerprint density at radius 2 is 2.00 bits per heavy atom. The van der Waals surface area contributed by atoms with Gasteiger partial charge in [0.2, 0.25) is 10.0 Å². The van der Waals surface area contributed by atoms with Crippen LogP contribution in [0, 0.1) is 0 Å². The average molecular weight is 206 g/mol. The summed E-state index contributed by atoms with van der Waals surface area (Å²) < 4.78 is 22.6. The third-order valence-electron chi connectivity index (χ3n) is 0.837. The van der Waals surface area contributed by atoms with Crippen molar-refractivity contribution in [2.45, 2.75) is 6.04 Å². The first-order chi connectivity index (χ1) is 4.87. The molecule has 0 fully saturated rings. The van der Waals surface area contributed by atoms with Crippen molar-refractivity contribution in [2.24, 2.45) is 0 Å². The van der Waals surface area contributed by atoms with Crippen LogP contribution in [-0.2, 0) is 14.8 Å². The molecule has 8 heteroatoms. The van der Waals surface area contributed by atoms with Crippen LogP contribution in [0.4, 0.5) is 0 Å². The molecular formula is C4H9NNaO5S+. The number of carboxylic acids is 1. The van der Waals surface area contributed by atoms with Gasteiger partial charge in [0, 0.05) is 0 Å². The molecule has 12 heavy (non-hydrogen) atoms. The summed E-state index contributed by atoms with van der Waals surface area (Å²) in [6, 6.07) is -1.45. The van der Waals surface area contributed by atoms with Crippen molar-refractivity contribution in [2.75, 3.05) is 12.9 Å². The number of carboxylic acid groups (broad SMARTS) is 1. The topological polar surface area (TPSA) is 104 Å². The van der Waals surface area contributed by atoms with E-state index < -0.39 is 28.6 Å². The van der Waals surface area contributed by atoms with E-state index in [0.29, 0.717) is 0 Å². The van der Waals surface area contributed by atoms with E-state index in [9.17, 15) is 13.2 Å². The van der Waals surface area contributed by atoms with Gasteiger partial charge in [0.15, 0.2) is 0 Å². The number of aliphatic hydroxyl groups excluding tert-OH is 1. The van der Waals surface area contributed by atoms with Gasteiger partial charge >= 0.3 is 35.5 Å². The molecular weight excluding hydrogens is 197 g/mol. The molecule has 0 rings (SSSR count). The van der Waals surface area contributed by atoms with Crippen molar-refractivity contribution in [3.8, 4) is 0 Å². The number of sulfonamides is 1. The van der Waals surface area contributed by atoms with Crippen LogP contribution in [0.15, 0.2) is 0 Å². The SMILES string of the molecule is CS(=O)(=O)NC(CO)C(=O)O.[Na+]. The molecule has 0 bridgehead atoms. The normalized spacial score (nSPS) is 13.2. The van der Waals surface area contributed by atoms with Gasteiger partial charge in [0.05, 0.1) is 12.9 Å². The standard InChI is InChI=1S/C4H9NO5S.Na/c1-11(9,10)5-3(2-6)4(7)8;/h3,5-6H,2H2,1H3,(H,7,8);/q;+1. The van der Waals surface area contributed by atoms with Crippen LogP contribution >= 0.6 is 0 Å². The zero-order chi connectivity index (χ0) is 9.07. The summed E-state index contributed by atoms with van der Waals surface area (Å²) >= 11 is 0. The first-order valence-corrected chi connectivity index (χ1v) is 4.57. The molecule has 0 aromatic rings. The average Bonchev–Trinajstić information content (AvgIpc) is 1.80. The zero-order valence-electron chi connectivity index (χ0n) is 6.81. The maximum atomic E-state index is 10.4. The van der Waals surface area contributed by atoms with Crippen LogP contribution in [0.5, 0.6) is 0 Å². The first kappa shape index (κ1) is 14.8. The molecule has 0 aliphatic heterocycles. The minimum atomic E-state index is -3.57. The summed E-state index contributed by atoms with van der Waals surface area (Å²) in [7, 11) is -3.57. The number of aliphatic hydroxyl groups is 1. The number of hydrogen-bond donors (Lipinski definition) is 3. The number of rotatable bonds is 4. The number of nitrogens with one attached hydrogen (secondary N) is 1. The molecule has 0 heterocycles. The van der Waals surface area contributed by atoms with E-state index in [1.807, 2.05) is 0 Å². The van der Waals surface area contributed by atoms with E-state index in [1.165, 1.54) is 0 Å². The fourth-order valence-corrected chi connectivity index (χ4v) is 1.12. The molecule has 0 aromatic carbocycles. The molecule has 3 N–H and O–H groups in total. The van der Waals surface area contributed by atoms with Crippen LogP contribution in [0.25, 0.3) is 0 Å². The molecule has 0 spiro atoms. The van der Waals surface area contributed by atoms with Gasteiger partial charge in [0.1, 0.15) is 6.04 Å². The molecule has 1 unspecified atom stereocenters. The van der Waals surface area contributed by atoms with Crippen molar-refractivity contribution in [1.29, 1.82) is 0 Å². The Kier molecular flexibility index (Phi) is 7.29. The van der Waals surface area contributed by atoms with E-state index in [1.54, 1.807) is 4.72 Å². The molecule has 0 aliphatic rings. The molecule has 0 saturated carbocycles. The quantitative estimate of drug-likeness (QED) is 0.399. The van der Waals surface area contributed by atoms with Crippen LogP contribution in [0.3, 0.4) is 0 Å². The van der Waals surface area contributed by atoms with Crippen molar-refractivity contribution >= 4 is 16.0 Å². The monoisotopic (exact) mass is 206 g/mol. The minimum absolute atomic E-state index is 0. The van der Waals surface area contributed by atoms with Gasteiger partial charge in [-0.25, -0.2) is 8.42 Å². The minimum Gasteiger partial charge on any atom is -0.480 e. The van der Waals surface area contributed by atoms with Gasteiger partial charge < -0.3 is 10.2 Å². The summed E-state index contributed by atoms with van der Waals surface area (Å²) in [5.74, 6) is -1.40. The van der Waals surface area contributed by atoms with E-state index in [0.717, 1.165) is 6.26 Å². The number of hydrogen-bond acceptors (Lipinski definition) is 4. The van der Waals surface area contributed by atoms with Crippen LogP contribution in [0.1, 0.15) is 0 Å². The smallest absolute Gasteiger partial charge is 0.480 e. The second-order valence-electron chi connectivity index (χ2n) is 1.96. The zero-order valence-corrected chi connectivity index (χ0v) is 9.63. The Morgan fingerprint density at radius 1 is 1.58 bits per heavy atom. The largest absolute Gasteiger partial charge is 1.00 e. The van der Waals surface area contributed by atoms with Crippen molar-refractivity contribution in [3.63, 3.8) is 0 Å². The molecule has 0 aliphatic carbocycles. The van der Waals surface area contributed by atoms with Gasteiger partial charge in [0.25, 0.3) is 0 Å². The van der Waals surface area contributed by atoms with E-state index in [2.05, 4.69) is 0 Å².